The van der Waals surface area contributed by atoms with Crippen LogP contribution in [0.2, 0.25) is 0 Å². The number of aryl methyl sites for hydroxylation is 1. The summed E-state index contributed by atoms with van der Waals surface area (Å²) >= 11 is 1.37. The van der Waals surface area contributed by atoms with Crippen molar-refractivity contribution in [1.82, 2.24) is 20.9 Å². The number of nitrogens with zero attached hydrogens (tertiary/aromatic N) is 2. The Morgan fingerprint density at radius 2 is 2.12 bits per heavy atom. The lowest BCUT2D eigenvalue weighted by atomic mass is 9.97. The lowest BCUT2D eigenvalue weighted by Gasteiger charge is -2.13. The summed E-state index contributed by atoms with van der Waals surface area (Å²) < 4.78 is 0. The van der Waals surface area contributed by atoms with Crippen LogP contribution in [0.4, 0.5) is 0 Å². The Morgan fingerprint density at radius 3 is 2.80 bits per heavy atom. The number of thiazole rings is 1. The average molecular weight is 364 g/mol. The van der Waals surface area contributed by atoms with Gasteiger partial charge in [0, 0.05) is 26.2 Å². The molecule has 1 amide bonds. The molecule has 1 aromatic rings. The number of aromatic nitrogens is 1. The van der Waals surface area contributed by atoms with E-state index < -0.39 is 0 Å². The molecule has 1 heterocycles. The molecule has 25 heavy (non-hydrogen) atoms. The van der Waals surface area contributed by atoms with Gasteiger partial charge in [-0.05, 0) is 46.0 Å². The lowest BCUT2D eigenvalue weighted by molar-refractivity contribution is 0.0957. The SMILES string of the molecule is CCNC(=NCCC1=CCCCC1)NCCNC(=O)c1scnc1C. The maximum atomic E-state index is 12.0. The zero-order valence-electron chi connectivity index (χ0n) is 15.2. The zero-order chi connectivity index (χ0) is 17.9. The van der Waals surface area contributed by atoms with E-state index in [1.807, 2.05) is 6.92 Å². The van der Waals surface area contributed by atoms with Gasteiger partial charge in [0.25, 0.3) is 5.91 Å². The van der Waals surface area contributed by atoms with Crippen LogP contribution in [-0.4, -0.2) is 43.0 Å². The molecule has 0 bridgehead atoms. The standard InChI is InChI=1S/C18H29N5OS/c1-3-19-18(21-10-9-15-7-5-4-6-8-15)22-12-11-20-17(24)16-14(2)23-13-25-16/h7,13H,3-6,8-12H2,1-2H3,(H,20,24)(H2,19,21,22). The van der Waals surface area contributed by atoms with Gasteiger partial charge in [-0.2, -0.15) is 0 Å². The normalized spacial score (nSPS) is 14.8. The van der Waals surface area contributed by atoms with Gasteiger partial charge in [0.1, 0.15) is 4.88 Å². The summed E-state index contributed by atoms with van der Waals surface area (Å²) in [6.07, 6.45) is 8.49. The lowest BCUT2D eigenvalue weighted by Crippen LogP contribution is -2.41. The average Bonchev–Trinajstić information content (AvgIpc) is 3.05. The molecule has 1 aliphatic carbocycles. The Morgan fingerprint density at radius 1 is 1.28 bits per heavy atom. The number of rotatable bonds is 8. The maximum Gasteiger partial charge on any atom is 0.263 e. The summed E-state index contributed by atoms with van der Waals surface area (Å²) in [6, 6.07) is 0. The van der Waals surface area contributed by atoms with E-state index in [4.69, 9.17) is 0 Å². The second-order valence-corrected chi connectivity index (χ2v) is 6.92. The van der Waals surface area contributed by atoms with Crippen molar-refractivity contribution in [2.45, 2.75) is 46.0 Å². The number of nitrogens with one attached hydrogen (secondary N) is 3. The van der Waals surface area contributed by atoms with E-state index in [9.17, 15) is 4.79 Å². The first-order valence-electron chi connectivity index (χ1n) is 9.09. The van der Waals surface area contributed by atoms with Crippen LogP contribution in [0.1, 0.15) is 54.4 Å². The van der Waals surface area contributed by atoms with Gasteiger partial charge in [0.15, 0.2) is 5.96 Å². The van der Waals surface area contributed by atoms with Crippen LogP contribution in [-0.2, 0) is 0 Å². The van der Waals surface area contributed by atoms with E-state index in [1.54, 1.807) is 5.51 Å². The second kappa shape index (κ2) is 10.9. The van der Waals surface area contributed by atoms with Crippen LogP contribution in [0, 0.1) is 6.92 Å². The minimum atomic E-state index is -0.0621. The number of hydrogen-bond donors (Lipinski definition) is 3. The van der Waals surface area contributed by atoms with Crippen LogP contribution in [0.25, 0.3) is 0 Å². The number of aliphatic imine (C=N–C) groups is 1. The molecule has 1 aliphatic rings. The molecule has 0 aromatic carbocycles. The fourth-order valence-electron chi connectivity index (χ4n) is 2.74. The zero-order valence-corrected chi connectivity index (χ0v) is 16.0. The fourth-order valence-corrected chi connectivity index (χ4v) is 3.46. The van der Waals surface area contributed by atoms with Crippen LogP contribution in [0.3, 0.4) is 0 Å². The van der Waals surface area contributed by atoms with Crippen molar-refractivity contribution in [2.75, 3.05) is 26.2 Å². The molecule has 3 N–H and O–H groups in total. The Labute approximate surface area is 154 Å². The van der Waals surface area contributed by atoms with Crippen LogP contribution < -0.4 is 16.0 Å². The molecule has 1 aromatic heterocycles. The number of guanidine groups is 1. The van der Waals surface area contributed by atoms with E-state index in [0.29, 0.717) is 18.0 Å². The fraction of sp³-hybridized carbons (Fsp3) is 0.611. The number of carbonyl (C=O) groups excluding carboxylic acids is 1. The van der Waals surface area contributed by atoms with Gasteiger partial charge in [-0.3, -0.25) is 9.79 Å². The van der Waals surface area contributed by atoms with E-state index in [-0.39, 0.29) is 5.91 Å². The van der Waals surface area contributed by atoms with Crippen LogP contribution >= 0.6 is 11.3 Å². The van der Waals surface area contributed by atoms with E-state index >= 15 is 0 Å². The highest BCUT2D eigenvalue weighted by Gasteiger charge is 2.10. The Balaban J connectivity index is 1.69. The molecule has 0 saturated heterocycles. The molecule has 0 aliphatic heterocycles. The highest BCUT2D eigenvalue weighted by atomic mass is 32.1. The number of hydrogen-bond acceptors (Lipinski definition) is 4. The Hall–Kier alpha value is -1.89. The second-order valence-electron chi connectivity index (χ2n) is 6.07. The van der Waals surface area contributed by atoms with Crippen molar-refractivity contribution >= 4 is 23.2 Å². The molecular weight excluding hydrogens is 334 g/mol. The first kappa shape index (κ1) is 19.4. The van der Waals surface area contributed by atoms with Gasteiger partial charge >= 0.3 is 0 Å². The first-order valence-corrected chi connectivity index (χ1v) is 9.97. The van der Waals surface area contributed by atoms with E-state index in [1.165, 1.54) is 42.6 Å². The van der Waals surface area contributed by atoms with Gasteiger partial charge in [0.2, 0.25) is 0 Å². The number of carbonyl (C=O) groups is 1. The van der Waals surface area contributed by atoms with Crippen molar-refractivity contribution in [3.63, 3.8) is 0 Å². The summed E-state index contributed by atoms with van der Waals surface area (Å²) in [6.45, 7) is 6.70. The predicted octanol–water partition coefficient (Wildman–Crippen LogP) is 2.63. The van der Waals surface area contributed by atoms with Gasteiger partial charge < -0.3 is 16.0 Å². The highest BCUT2D eigenvalue weighted by molar-refractivity contribution is 7.11. The van der Waals surface area contributed by atoms with Crippen molar-refractivity contribution in [2.24, 2.45) is 4.99 Å². The van der Waals surface area contributed by atoms with Crippen LogP contribution in [0.5, 0.6) is 0 Å². The largest absolute Gasteiger partial charge is 0.357 e. The maximum absolute atomic E-state index is 12.0. The third kappa shape index (κ3) is 6.86. The smallest absolute Gasteiger partial charge is 0.263 e. The quantitative estimate of drug-likeness (QED) is 0.287. The third-order valence-electron chi connectivity index (χ3n) is 4.09. The monoisotopic (exact) mass is 363 g/mol. The number of allylic oxidation sites excluding steroid dienone is 1. The summed E-state index contributed by atoms with van der Waals surface area (Å²) in [4.78, 5) is 21.4. The number of amides is 1. The molecule has 0 fully saturated rings. The highest BCUT2D eigenvalue weighted by Crippen LogP contribution is 2.19. The van der Waals surface area contributed by atoms with Gasteiger partial charge in [0.05, 0.1) is 11.2 Å². The van der Waals surface area contributed by atoms with Crippen molar-refractivity contribution in [1.29, 1.82) is 0 Å². The molecule has 0 atom stereocenters. The predicted molar refractivity (Wildman–Crippen MR) is 104 cm³/mol. The van der Waals surface area contributed by atoms with E-state index in [0.717, 1.165) is 31.2 Å². The Bertz CT molecular complexity index is 608. The molecule has 0 unspecified atom stereocenters. The minimum absolute atomic E-state index is 0.0621. The summed E-state index contributed by atoms with van der Waals surface area (Å²) in [5.74, 6) is 0.745. The minimum Gasteiger partial charge on any atom is -0.357 e. The third-order valence-corrected chi connectivity index (χ3v) is 5.01. The Kier molecular flexibility index (Phi) is 8.45. The van der Waals surface area contributed by atoms with Crippen molar-refractivity contribution < 1.29 is 4.79 Å². The van der Waals surface area contributed by atoms with Crippen molar-refractivity contribution in [3.05, 3.63) is 27.7 Å². The van der Waals surface area contributed by atoms with Gasteiger partial charge in [-0.25, -0.2) is 4.98 Å². The molecule has 138 valence electrons. The molecule has 0 saturated carbocycles. The molecular formula is C18H29N5OS. The van der Waals surface area contributed by atoms with Gasteiger partial charge in [-0.15, -0.1) is 11.3 Å². The molecule has 6 nitrogen and oxygen atoms in total. The topological polar surface area (TPSA) is 78.4 Å². The molecule has 7 heteroatoms. The van der Waals surface area contributed by atoms with Crippen molar-refractivity contribution in [3.8, 4) is 0 Å². The van der Waals surface area contributed by atoms with Crippen LogP contribution in [0.15, 0.2) is 22.2 Å². The summed E-state index contributed by atoms with van der Waals surface area (Å²) in [5, 5.41) is 9.42. The molecule has 2 rings (SSSR count). The summed E-state index contributed by atoms with van der Waals surface area (Å²) in [5.41, 5.74) is 4.01. The van der Waals surface area contributed by atoms with E-state index in [2.05, 4.69) is 38.9 Å². The summed E-state index contributed by atoms with van der Waals surface area (Å²) in [7, 11) is 0. The van der Waals surface area contributed by atoms with Gasteiger partial charge in [-0.1, -0.05) is 11.6 Å². The molecule has 0 radical (unpaired) electrons. The first-order chi connectivity index (χ1) is 12.2. The molecule has 0 spiro atoms.